The molecule has 2 aromatic carbocycles. The topological polar surface area (TPSA) is 126 Å². The second kappa shape index (κ2) is 12.2. The summed E-state index contributed by atoms with van der Waals surface area (Å²) < 4.78 is 20.2. The normalized spacial score (nSPS) is 22.5. The number of nitrogens with one attached hydrogen (secondary N) is 4. The summed E-state index contributed by atoms with van der Waals surface area (Å²) in [6, 6.07) is 14.4. The molecule has 5 heterocycles. The van der Waals surface area contributed by atoms with Crippen molar-refractivity contribution >= 4 is 33.9 Å². The van der Waals surface area contributed by atoms with Gasteiger partial charge in [-0.2, -0.15) is 0 Å². The van der Waals surface area contributed by atoms with Crippen LogP contribution in [0.25, 0.3) is 10.9 Å². The number of aromatic nitrogens is 1. The molecular weight excluding hydrogens is 561 g/mol. The van der Waals surface area contributed by atoms with Gasteiger partial charge in [0, 0.05) is 79.3 Å². The van der Waals surface area contributed by atoms with Gasteiger partial charge in [0.25, 0.3) is 5.91 Å². The molecule has 1 atom stereocenters. The number of piperidine rings is 1. The molecular formula is C32H40FN9O2. The van der Waals surface area contributed by atoms with Crippen LogP contribution >= 0.6 is 0 Å². The zero-order chi connectivity index (χ0) is 30.2. The predicted molar refractivity (Wildman–Crippen MR) is 170 cm³/mol. The molecule has 3 fully saturated rings. The molecule has 44 heavy (non-hydrogen) atoms. The summed E-state index contributed by atoms with van der Waals surface area (Å²) in [5.74, 6) is -0.688. The van der Waals surface area contributed by atoms with Crippen LogP contribution in [0.5, 0.6) is 0 Å². The Morgan fingerprint density at radius 2 is 1.80 bits per heavy atom. The Labute approximate surface area is 256 Å². The van der Waals surface area contributed by atoms with Crippen molar-refractivity contribution in [3.8, 4) is 0 Å². The minimum absolute atomic E-state index is 0.0471. The lowest BCUT2D eigenvalue weighted by Crippen LogP contribution is -2.60. The van der Waals surface area contributed by atoms with Gasteiger partial charge in [-0.3, -0.25) is 15.0 Å². The van der Waals surface area contributed by atoms with Gasteiger partial charge in [0.2, 0.25) is 0 Å². The highest BCUT2D eigenvalue weighted by atomic mass is 19.1. The van der Waals surface area contributed by atoms with E-state index in [1.54, 1.807) is 12.1 Å². The van der Waals surface area contributed by atoms with Crippen LogP contribution < -0.4 is 26.6 Å². The number of likely N-dealkylation sites (N-methyl/N-ethyl adjacent to an activating group) is 1. The molecule has 232 valence electrons. The predicted octanol–water partition coefficient (Wildman–Crippen LogP) is 2.00. The van der Waals surface area contributed by atoms with E-state index in [0.717, 1.165) is 45.0 Å². The number of carbonyl (C=O) groups is 1. The van der Waals surface area contributed by atoms with E-state index in [2.05, 4.69) is 54.8 Å². The third-order valence-electron chi connectivity index (χ3n) is 9.26. The Kier molecular flexibility index (Phi) is 7.98. The van der Waals surface area contributed by atoms with Crippen molar-refractivity contribution in [2.75, 3.05) is 69.7 Å². The third kappa shape index (κ3) is 5.77. The second-order valence-corrected chi connectivity index (χ2v) is 12.2. The van der Waals surface area contributed by atoms with Crippen LogP contribution in [0.15, 0.2) is 65.2 Å². The van der Waals surface area contributed by atoms with Crippen LogP contribution in [0, 0.1) is 5.82 Å². The summed E-state index contributed by atoms with van der Waals surface area (Å²) in [7, 11) is 2.20. The maximum absolute atomic E-state index is 14.9. The summed E-state index contributed by atoms with van der Waals surface area (Å²) in [6.45, 7) is 7.80. The van der Waals surface area contributed by atoms with Crippen molar-refractivity contribution in [3.05, 3.63) is 71.6 Å². The maximum Gasteiger partial charge on any atom is 0.271 e. The van der Waals surface area contributed by atoms with Crippen molar-refractivity contribution < 1.29 is 13.9 Å². The number of primary amides is 1. The first kappa shape index (κ1) is 28.8. The van der Waals surface area contributed by atoms with Gasteiger partial charge >= 0.3 is 0 Å². The van der Waals surface area contributed by atoms with E-state index in [4.69, 9.17) is 15.5 Å². The van der Waals surface area contributed by atoms with Crippen LogP contribution in [0.2, 0.25) is 0 Å². The average molecular weight is 602 g/mol. The molecule has 1 aromatic heterocycles. The minimum Gasteiger partial charge on any atom is -0.378 e. The Balaban J connectivity index is 1.10. The van der Waals surface area contributed by atoms with E-state index >= 15 is 0 Å². The highest BCUT2D eigenvalue weighted by Gasteiger charge is 2.33. The molecule has 11 nitrogen and oxygen atoms in total. The Hall–Kier alpha value is -3.97. The van der Waals surface area contributed by atoms with Gasteiger partial charge in [-0.15, -0.1) is 0 Å². The number of nitrogens with zero attached hydrogens (tertiary/aromatic N) is 4. The molecule has 4 aliphatic heterocycles. The maximum atomic E-state index is 14.9. The molecule has 7 rings (SSSR count). The number of fused-ring (bicyclic) bond motifs is 1. The van der Waals surface area contributed by atoms with Crippen LogP contribution in [0.3, 0.4) is 0 Å². The molecule has 3 saturated heterocycles. The summed E-state index contributed by atoms with van der Waals surface area (Å²) in [5.41, 5.74) is 9.56. The quantitative estimate of drug-likeness (QED) is 0.266. The standard InChI is InChI=1S/C32H40FN9O2/c1-40-13-15-42(16-14-40)23-9-11-41(12-10-23)22-7-5-20(6-8-22)36-32-29(30(34)43)38-28(31(39-32)37-21-18-44-19-21)24-3-2-4-26-27(24)25(33)17-35-26/h2-8,17,21,23,31,35-37,39H,9-16,18-19H2,1H3,(H2,34,43). The monoisotopic (exact) mass is 601 g/mol. The number of benzene rings is 2. The highest BCUT2D eigenvalue weighted by molar-refractivity contribution is 6.15. The smallest absolute Gasteiger partial charge is 0.271 e. The minimum atomic E-state index is -0.690. The lowest BCUT2D eigenvalue weighted by atomic mass is 10.0. The molecule has 0 spiro atoms. The fraction of sp³-hybridized carbons (Fsp3) is 0.438. The van der Waals surface area contributed by atoms with E-state index in [0.29, 0.717) is 47.3 Å². The van der Waals surface area contributed by atoms with E-state index in [1.165, 1.54) is 24.7 Å². The van der Waals surface area contributed by atoms with Crippen LogP contribution in [0.1, 0.15) is 18.4 Å². The Morgan fingerprint density at radius 3 is 2.48 bits per heavy atom. The number of piperazine rings is 1. The summed E-state index contributed by atoms with van der Waals surface area (Å²) in [5, 5.41) is 10.6. The van der Waals surface area contributed by atoms with E-state index in [1.807, 2.05) is 18.2 Å². The number of hydrogen-bond acceptors (Lipinski definition) is 9. The first-order valence-corrected chi connectivity index (χ1v) is 15.5. The number of carbonyl (C=O) groups excluding carboxylic acids is 1. The first-order valence-electron chi connectivity index (χ1n) is 15.5. The van der Waals surface area contributed by atoms with E-state index in [-0.39, 0.29) is 17.6 Å². The number of rotatable bonds is 8. The zero-order valence-corrected chi connectivity index (χ0v) is 25.0. The second-order valence-electron chi connectivity index (χ2n) is 12.2. The number of hydrogen-bond donors (Lipinski definition) is 5. The summed E-state index contributed by atoms with van der Waals surface area (Å²) in [6.07, 6.45) is 3.15. The van der Waals surface area contributed by atoms with Crippen molar-refractivity contribution in [2.45, 2.75) is 31.1 Å². The molecule has 0 bridgehead atoms. The van der Waals surface area contributed by atoms with Gasteiger partial charge in [0.1, 0.15) is 17.8 Å². The fourth-order valence-electron chi connectivity index (χ4n) is 6.63. The van der Waals surface area contributed by atoms with Crippen LogP contribution in [0.4, 0.5) is 15.8 Å². The number of amides is 1. The number of ether oxygens (including phenoxy) is 1. The van der Waals surface area contributed by atoms with E-state index in [9.17, 15) is 9.18 Å². The van der Waals surface area contributed by atoms with Gasteiger partial charge in [-0.05, 0) is 50.2 Å². The van der Waals surface area contributed by atoms with Gasteiger partial charge < -0.3 is 35.9 Å². The van der Waals surface area contributed by atoms with Crippen molar-refractivity contribution in [2.24, 2.45) is 10.7 Å². The number of aliphatic imine (C=N–C) groups is 1. The zero-order valence-electron chi connectivity index (χ0n) is 25.0. The lowest BCUT2D eigenvalue weighted by Gasteiger charge is -2.42. The van der Waals surface area contributed by atoms with Gasteiger partial charge in [0.15, 0.2) is 5.70 Å². The average Bonchev–Trinajstić information content (AvgIpc) is 3.40. The number of nitrogens with two attached hydrogens (primary N) is 1. The first-order chi connectivity index (χ1) is 21.4. The van der Waals surface area contributed by atoms with Gasteiger partial charge in [0.05, 0.1) is 25.0 Å². The fourth-order valence-corrected chi connectivity index (χ4v) is 6.63. The number of anilines is 2. The summed E-state index contributed by atoms with van der Waals surface area (Å²) in [4.78, 5) is 27.9. The van der Waals surface area contributed by atoms with Gasteiger partial charge in [-0.25, -0.2) is 9.38 Å². The molecule has 1 unspecified atom stereocenters. The number of aromatic amines is 1. The SMILES string of the molecule is CN1CCN(C2CCN(c3ccc(NC4=C(C(N)=O)N=C(c5cccc6[nH]cc(F)c56)C(NC5COC5)N4)cc3)CC2)CC1. The number of H-pyrrole nitrogens is 1. The Bertz CT molecular complexity index is 1570. The lowest BCUT2D eigenvalue weighted by molar-refractivity contribution is -0.114. The van der Waals surface area contributed by atoms with Crippen molar-refractivity contribution in [1.29, 1.82) is 0 Å². The molecule has 4 aliphatic rings. The molecule has 1 amide bonds. The van der Waals surface area contributed by atoms with Crippen LogP contribution in [-0.2, 0) is 9.53 Å². The molecule has 6 N–H and O–H groups in total. The Morgan fingerprint density at radius 1 is 1.05 bits per heavy atom. The molecule has 12 heteroatoms. The third-order valence-corrected chi connectivity index (χ3v) is 9.26. The summed E-state index contributed by atoms with van der Waals surface area (Å²) >= 11 is 0. The highest BCUT2D eigenvalue weighted by Crippen LogP contribution is 2.28. The van der Waals surface area contributed by atoms with Gasteiger partial charge in [-0.1, -0.05) is 12.1 Å². The molecule has 3 aromatic rings. The number of halogens is 1. The van der Waals surface area contributed by atoms with Crippen LogP contribution in [-0.4, -0.2) is 104 Å². The molecule has 0 aliphatic carbocycles. The van der Waals surface area contributed by atoms with E-state index < -0.39 is 12.1 Å². The van der Waals surface area contributed by atoms with Crippen molar-refractivity contribution in [3.63, 3.8) is 0 Å². The molecule has 0 saturated carbocycles. The molecule has 0 radical (unpaired) electrons. The largest absolute Gasteiger partial charge is 0.378 e. The van der Waals surface area contributed by atoms with Crippen molar-refractivity contribution in [1.82, 2.24) is 25.4 Å².